The lowest BCUT2D eigenvalue weighted by molar-refractivity contribution is -0.140. The molecule has 0 aromatic carbocycles. The summed E-state index contributed by atoms with van der Waals surface area (Å²) in [6.45, 7) is 1.87. The van der Waals surface area contributed by atoms with Gasteiger partial charge in [-0.1, -0.05) is 0 Å². The van der Waals surface area contributed by atoms with Gasteiger partial charge < -0.3 is 36.7 Å². The van der Waals surface area contributed by atoms with E-state index < -0.39 is 29.9 Å². The van der Waals surface area contributed by atoms with Crippen LogP contribution in [-0.4, -0.2) is 52.6 Å². The van der Waals surface area contributed by atoms with Crippen molar-refractivity contribution in [1.29, 1.82) is 5.41 Å². The van der Waals surface area contributed by atoms with Crippen LogP contribution in [0.5, 0.6) is 0 Å². The maximum Gasteiger partial charge on any atom is 0.325 e. The Hall–Kier alpha value is -3.34. The molecule has 1 aromatic heterocycles. The zero-order chi connectivity index (χ0) is 20.8. The van der Waals surface area contributed by atoms with E-state index in [9.17, 15) is 14.4 Å². The van der Waals surface area contributed by atoms with Gasteiger partial charge in [0.2, 0.25) is 5.91 Å². The highest BCUT2D eigenvalue weighted by Crippen LogP contribution is 2.01. The van der Waals surface area contributed by atoms with Gasteiger partial charge in [-0.05, 0) is 38.0 Å². The summed E-state index contributed by atoms with van der Waals surface area (Å²) in [4.78, 5) is 31.8. The molecular weight excluding hydrogens is 358 g/mol. The molecule has 9 N–H and O–H groups in total. The number of carbonyl (C=O) groups is 3. The predicted molar refractivity (Wildman–Crippen MR) is 97.7 cm³/mol. The van der Waals surface area contributed by atoms with Crippen LogP contribution in [-0.2, 0) is 14.4 Å². The minimum absolute atomic E-state index is 0.112. The van der Waals surface area contributed by atoms with Crippen molar-refractivity contribution in [3.05, 3.63) is 30.2 Å². The second kappa shape index (κ2) is 12.9. The van der Waals surface area contributed by atoms with Crippen LogP contribution in [0.1, 0.15) is 25.5 Å². The molecule has 0 fully saturated rings. The zero-order valence-corrected chi connectivity index (χ0v) is 14.8. The molecule has 1 rings (SSSR count). The Labute approximate surface area is 155 Å². The van der Waals surface area contributed by atoms with E-state index in [4.69, 9.17) is 31.5 Å². The lowest BCUT2D eigenvalue weighted by Gasteiger charge is -2.06. The highest BCUT2D eigenvalue weighted by atomic mass is 16.4. The molecular formula is C16H25N5O6. The summed E-state index contributed by atoms with van der Waals surface area (Å²) in [6.07, 6.45) is 5.14. The molecule has 0 bridgehead atoms. The first kappa shape index (κ1) is 23.7. The van der Waals surface area contributed by atoms with Crippen molar-refractivity contribution in [2.24, 2.45) is 11.5 Å². The number of nitrogens with one attached hydrogen (secondary N) is 3. The fourth-order valence-electron chi connectivity index (χ4n) is 1.54. The number of carboxylic acids is 2. The molecule has 0 saturated carbocycles. The third-order valence-electron chi connectivity index (χ3n) is 3.00. The predicted octanol–water partition coefficient (Wildman–Crippen LogP) is -0.456. The van der Waals surface area contributed by atoms with Crippen molar-refractivity contribution in [2.75, 3.05) is 6.54 Å². The van der Waals surface area contributed by atoms with Gasteiger partial charge in [0.05, 0.1) is 6.26 Å². The number of guanidine groups is 1. The second-order valence-corrected chi connectivity index (χ2v) is 5.34. The molecule has 0 spiro atoms. The van der Waals surface area contributed by atoms with Gasteiger partial charge in [0, 0.05) is 12.6 Å². The Kier molecular flexibility index (Phi) is 11.3. The van der Waals surface area contributed by atoms with Crippen LogP contribution in [0.25, 0.3) is 6.08 Å². The van der Waals surface area contributed by atoms with Crippen molar-refractivity contribution in [3.8, 4) is 0 Å². The molecule has 11 heteroatoms. The Bertz CT molecular complexity index is 644. The van der Waals surface area contributed by atoms with Crippen molar-refractivity contribution < 1.29 is 29.0 Å². The molecule has 0 aliphatic rings. The van der Waals surface area contributed by atoms with Gasteiger partial charge in [-0.2, -0.15) is 0 Å². The van der Waals surface area contributed by atoms with E-state index in [2.05, 4.69) is 10.6 Å². The first-order valence-electron chi connectivity index (χ1n) is 7.94. The summed E-state index contributed by atoms with van der Waals surface area (Å²) < 4.78 is 4.95. The Morgan fingerprint density at radius 3 is 2.48 bits per heavy atom. The molecule has 2 atom stereocenters. The standard InChI is InChI=1S/C10H11NO4.C6H14N4O2/c1-7(10(13)14)11-9(12)5-4-8-3-2-6-15-8;7-4(5(11)12)2-1-3-10-6(8)9/h2-7H,1H3,(H,11,12)(H,13,14);4H,1-3,7H2,(H,11,12)(H4,8,9,10)/t7-;4-/m00/s1. The van der Waals surface area contributed by atoms with Crippen LogP contribution < -0.4 is 22.1 Å². The Morgan fingerprint density at radius 1 is 1.33 bits per heavy atom. The quantitative estimate of drug-likeness (QED) is 0.127. The van der Waals surface area contributed by atoms with Gasteiger partial charge in [-0.3, -0.25) is 19.8 Å². The van der Waals surface area contributed by atoms with Crippen LogP contribution in [0.2, 0.25) is 0 Å². The minimum Gasteiger partial charge on any atom is -0.480 e. The lowest BCUT2D eigenvalue weighted by atomic mass is 10.2. The Balaban J connectivity index is 0.000000516. The number of furan rings is 1. The number of hydrogen-bond acceptors (Lipinski definition) is 6. The van der Waals surface area contributed by atoms with E-state index in [0.717, 1.165) is 0 Å². The zero-order valence-electron chi connectivity index (χ0n) is 14.8. The molecule has 0 aliphatic heterocycles. The molecule has 11 nitrogen and oxygen atoms in total. The smallest absolute Gasteiger partial charge is 0.325 e. The SMILES string of the molecule is C[C@H](NC(=O)C=Cc1ccco1)C(=O)O.N=C(N)NCCC[C@H](N)C(=O)O. The highest BCUT2D eigenvalue weighted by Gasteiger charge is 2.11. The van der Waals surface area contributed by atoms with E-state index in [1.807, 2.05) is 0 Å². The van der Waals surface area contributed by atoms with Crippen LogP contribution in [0.15, 0.2) is 28.9 Å². The average molecular weight is 383 g/mol. The van der Waals surface area contributed by atoms with Crippen molar-refractivity contribution in [1.82, 2.24) is 10.6 Å². The van der Waals surface area contributed by atoms with Gasteiger partial charge in [0.1, 0.15) is 17.8 Å². The number of amides is 1. The fourth-order valence-corrected chi connectivity index (χ4v) is 1.54. The number of hydrogen-bond donors (Lipinski definition) is 7. The van der Waals surface area contributed by atoms with Crippen LogP contribution in [0, 0.1) is 5.41 Å². The van der Waals surface area contributed by atoms with Crippen LogP contribution >= 0.6 is 0 Å². The van der Waals surface area contributed by atoms with E-state index in [1.165, 1.54) is 25.3 Å². The van der Waals surface area contributed by atoms with Crippen molar-refractivity contribution in [3.63, 3.8) is 0 Å². The first-order chi connectivity index (χ1) is 12.6. The lowest BCUT2D eigenvalue weighted by Crippen LogP contribution is -2.37. The largest absolute Gasteiger partial charge is 0.480 e. The molecule has 150 valence electrons. The molecule has 1 aromatic rings. The Morgan fingerprint density at radius 2 is 2.00 bits per heavy atom. The summed E-state index contributed by atoms with van der Waals surface area (Å²) in [6, 6.07) is 1.65. The van der Waals surface area contributed by atoms with Crippen LogP contribution in [0.3, 0.4) is 0 Å². The monoisotopic (exact) mass is 383 g/mol. The number of carbonyl (C=O) groups excluding carboxylic acids is 1. The highest BCUT2D eigenvalue weighted by molar-refractivity contribution is 5.93. The van der Waals surface area contributed by atoms with Gasteiger partial charge in [0.15, 0.2) is 5.96 Å². The average Bonchev–Trinajstić information content (AvgIpc) is 3.10. The third-order valence-corrected chi connectivity index (χ3v) is 3.00. The van der Waals surface area contributed by atoms with E-state index in [-0.39, 0.29) is 5.96 Å². The summed E-state index contributed by atoms with van der Waals surface area (Å²) in [5.74, 6) is -2.12. The molecule has 0 unspecified atom stereocenters. The topological polar surface area (TPSA) is 205 Å². The normalized spacial score (nSPS) is 12.4. The molecule has 0 radical (unpaired) electrons. The van der Waals surface area contributed by atoms with Gasteiger partial charge in [-0.15, -0.1) is 0 Å². The third kappa shape index (κ3) is 12.6. The van der Waals surface area contributed by atoms with Gasteiger partial charge in [0.25, 0.3) is 0 Å². The number of rotatable bonds is 9. The summed E-state index contributed by atoms with van der Waals surface area (Å²) in [7, 11) is 0. The fraction of sp³-hybridized carbons (Fsp3) is 0.375. The van der Waals surface area contributed by atoms with E-state index >= 15 is 0 Å². The molecule has 1 amide bonds. The van der Waals surface area contributed by atoms with Gasteiger partial charge in [-0.25, -0.2) is 0 Å². The van der Waals surface area contributed by atoms with E-state index in [1.54, 1.807) is 12.1 Å². The first-order valence-corrected chi connectivity index (χ1v) is 7.94. The maximum absolute atomic E-state index is 11.2. The van der Waals surface area contributed by atoms with E-state index in [0.29, 0.717) is 25.1 Å². The molecule has 27 heavy (non-hydrogen) atoms. The van der Waals surface area contributed by atoms with Crippen molar-refractivity contribution >= 4 is 29.9 Å². The van der Waals surface area contributed by atoms with Crippen molar-refractivity contribution in [2.45, 2.75) is 31.8 Å². The summed E-state index contributed by atoms with van der Waals surface area (Å²) >= 11 is 0. The summed E-state index contributed by atoms with van der Waals surface area (Å²) in [5, 5.41) is 28.5. The second-order valence-electron chi connectivity index (χ2n) is 5.34. The molecule has 0 aliphatic carbocycles. The maximum atomic E-state index is 11.2. The molecule has 0 saturated heterocycles. The van der Waals surface area contributed by atoms with Crippen LogP contribution in [0.4, 0.5) is 0 Å². The number of nitrogens with two attached hydrogens (primary N) is 2. The molecule has 1 heterocycles. The number of aliphatic carboxylic acids is 2. The van der Waals surface area contributed by atoms with Gasteiger partial charge >= 0.3 is 11.9 Å². The summed E-state index contributed by atoms with van der Waals surface area (Å²) in [5.41, 5.74) is 10.2. The number of carboxylic acid groups (broad SMARTS) is 2. The minimum atomic E-state index is -1.07.